The van der Waals surface area contributed by atoms with Crippen LogP contribution in [0, 0.1) is 22.0 Å². The fraction of sp³-hybridized carbons (Fsp3) is 0.500. The minimum atomic E-state index is -0.553. The van der Waals surface area contributed by atoms with Crippen molar-refractivity contribution in [1.29, 1.82) is 0 Å². The second kappa shape index (κ2) is 6.87. The van der Waals surface area contributed by atoms with Crippen LogP contribution in [0.4, 0.5) is 11.4 Å². The van der Waals surface area contributed by atoms with Crippen LogP contribution in [0.1, 0.15) is 25.7 Å². The molecule has 7 heteroatoms. The van der Waals surface area contributed by atoms with Gasteiger partial charge in [-0.2, -0.15) is 0 Å². The molecular weight excluding hydrogens is 294 g/mol. The predicted octanol–water partition coefficient (Wildman–Crippen LogP) is 2.95. The average molecular weight is 312 g/mol. The highest BCUT2D eigenvalue weighted by Gasteiger charge is 2.31. The van der Waals surface area contributed by atoms with Crippen LogP contribution in [0.5, 0.6) is 0 Å². The number of hydrogen-bond acceptors (Lipinski definition) is 4. The lowest BCUT2D eigenvalue weighted by Crippen LogP contribution is -2.35. The maximum atomic E-state index is 12.4. The zero-order chi connectivity index (χ0) is 15.4. The van der Waals surface area contributed by atoms with Crippen LogP contribution in [0.3, 0.4) is 0 Å². The molecule has 0 bridgehead atoms. The number of nitro benzene ring substituents is 1. The van der Waals surface area contributed by atoms with E-state index in [1.165, 1.54) is 18.2 Å². The Hall–Kier alpha value is -1.66. The summed E-state index contributed by atoms with van der Waals surface area (Å²) in [7, 11) is 0. The third kappa shape index (κ3) is 3.71. The van der Waals surface area contributed by atoms with Crippen molar-refractivity contribution in [3.63, 3.8) is 0 Å². The summed E-state index contributed by atoms with van der Waals surface area (Å²) < 4.78 is 0. The van der Waals surface area contributed by atoms with Crippen LogP contribution in [0.15, 0.2) is 18.2 Å². The number of rotatable bonds is 4. The van der Waals surface area contributed by atoms with Crippen LogP contribution in [-0.2, 0) is 4.79 Å². The predicted molar refractivity (Wildman–Crippen MR) is 81.2 cm³/mol. The maximum Gasteiger partial charge on any atom is 0.294 e. The van der Waals surface area contributed by atoms with E-state index in [4.69, 9.17) is 17.3 Å². The van der Waals surface area contributed by atoms with Gasteiger partial charge < -0.3 is 11.1 Å². The van der Waals surface area contributed by atoms with Crippen LogP contribution in [-0.4, -0.2) is 17.4 Å². The molecule has 0 saturated heterocycles. The number of carbonyl (C=O) groups excluding carboxylic acids is 1. The Morgan fingerprint density at radius 1 is 1.43 bits per heavy atom. The van der Waals surface area contributed by atoms with Gasteiger partial charge >= 0.3 is 0 Å². The molecule has 6 nitrogen and oxygen atoms in total. The normalized spacial score (nSPS) is 21.8. The molecule has 0 heterocycles. The third-order valence-corrected chi connectivity index (χ3v) is 4.20. The largest absolute Gasteiger partial charge is 0.330 e. The van der Waals surface area contributed by atoms with E-state index in [1.807, 2.05) is 0 Å². The Morgan fingerprint density at radius 3 is 2.81 bits per heavy atom. The van der Waals surface area contributed by atoms with Crippen LogP contribution in [0.2, 0.25) is 5.02 Å². The minimum Gasteiger partial charge on any atom is -0.330 e. The number of hydrogen-bond donors (Lipinski definition) is 2. The summed E-state index contributed by atoms with van der Waals surface area (Å²) in [6.45, 7) is 0.459. The Bertz CT molecular complexity index is 550. The third-order valence-electron chi connectivity index (χ3n) is 3.96. The zero-order valence-corrected chi connectivity index (χ0v) is 12.3. The number of nitrogens with zero attached hydrogens (tertiary/aromatic N) is 1. The maximum absolute atomic E-state index is 12.4. The minimum absolute atomic E-state index is 0.144. The molecule has 1 amide bonds. The molecule has 3 N–H and O–H groups in total. The van der Waals surface area contributed by atoms with Gasteiger partial charge in [-0.1, -0.05) is 24.4 Å². The number of halogens is 1. The van der Waals surface area contributed by atoms with Gasteiger partial charge in [-0.05, 0) is 37.4 Å². The second-order valence-electron chi connectivity index (χ2n) is 5.29. The smallest absolute Gasteiger partial charge is 0.294 e. The summed E-state index contributed by atoms with van der Waals surface area (Å²) in [5.41, 5.74) is 5.70. The first kappa shape index (κ1) is 15.7. The molecule has 2 rings (SSSR count). The molecule has 0 aliphatic heterocycles. The second-order valence-corrected chi connectivity index (χ2v) is 5.73. The van der Waals surface area contributed by atoms with Crippen molar-refractivity contribution in [1.82, 2.24) is 0 Å². The fourth-order valence-electron chi connectivity index (χ4n) is 2.82. The van der Waals surface area contributed by atoms with E-state index in [9.17, 15) is 14.9 Å². The lowest BCUT2D eigenvalue weighted by atomic mass is 9.78. The standard InChI is InChI=1S/C14H18ClN3O3/c15-10-5-6-12(13(7-10)18(20)21)17-14(19)11-4-2-1-3-9(11)8-16/h5-7,9,11H,1-4,8,16H2,(H,17,19). The van der Waals surface area contributed by atoms with Gasteiger partial charge in [0.05, 0.1) is 4.92 Å². The summed E-state index contributed by atoms with van der Waals surface area (Å²) in [5, 5.41) is 13.9. The molecule has 1 aromatic carbocycles. The van der Waals surface area contributed by atoms with Crippen LogP contribution >= 0.6 is 11.6 Å². The SMILES string of the molecule is NCC1CCCCC1C(=O)Nc1ccc(Cl)cc1[N+](=O)[O-]. The first-order valence-corrected chi connectivity index (χ1v) is 7.35. The van der Waals surface area contributed by atoms with Gasteiger partial charge in [-0.3, -0.25) is 14.9 Å². The molecule has 1 fully saturated rings. The summed E-state index contributed by atoms with van der Waals surface area (Å²) in [5.74, 6) is -0.236. The summed E-state index contributed by atoms with van der Waals surface area (Å²) in [4.78, 5) is 22.8. The molecule has 0 aromatic heterocycles. The molecule has 0 radical (unpaired) electrons. The van der Waals surface area contributed by atoms with E-state index in [-0.39, 0.29) is 34.1 Å². The quantitative estimate of drug-likeness (QED) is 0.659. The number of nitrogens with two attached hydrogens (primary N) is 1. The highest BCUT2D eigenvalue weighted by Crippen LogP contribution is 2.32. The molecule has 2 atom stereocenters. The molecule has 1 aliphatic rings. The van der Waals surface area contributed by atoms with Crippen molar-refractivity contribution in [2.75, 3.05) is 11.9 Å². The van der Waals surface area contributed by atoms with Crippen LogP contribution in [0.25, 0.3) is 0 Å². The Balaban J connectivity index is 2.17. The van der Waals surface area contributed by atoms with Gasteiger partial charge in [0.25, 0.3) is 5.69 Å². The van der Waals surface area contributed by atoms with Crippen molar-refractivity contribution in [3.8, 4) is 0 Å². The molecule has 114 valence electrons. The first-order valence-electron chi connectivity index (χ1n) is 6.97. The first-order chi connectivity index (χ1) is 10.0. The van der Waals surface area contributed by atoms with Crippen molar-refractivity contribution in [2.24, 2.45) is 17.6 Å². The number of anilines is 1. The fourth-order valence-corrected chi connectivity index (χ4v) is 2.99. The van der Waals surface area contributed by atoms with E-state index >= 15 is 0 Å². The van der Waals surface area contributed by atoms with Gasteiger partial charge in [-0.15, -0.1) is 0 Å². The Labute approximate surface area is 127 Å². The van der Waals surface area contributed by atoms with Crippen LogP contribution < -0.4 is 11.1 Å². The highest BCUT2D eigenvalue weighted by molar-refractivity contribution is 6.31. The monoisotopic (exact) mass is 311 g/mol. The Morgan fingerprint density at radius 2 is 2.14 bits per heavy atom. The summed E-state index contributed by atoms with van der Waals surface area (Å²) in [6, 6.07) is 4.21. The molecule has 21 heavy (non-hydrogen) atoms. The van der Waals surface area contributed by atoms with E-state index in [2.05, 4.69) is 5.32 Å². The molecule has 1 aromatic rings. The molecular formula is C14H18ClN3O3. The number of benzene rings is 1. The molecule has 1 saturated carbocycles. The summed E-state index contributed by atoms with van der Waals surface area (Å²) in [6.07, 6.45) is 3.76. The van der Waals surface area contributed by atoms with Crippen molar-refractivity contribution in [3.05, 3.63) is 33.3 Å². The van der Waals surface area contributed by atoms with E-state index < -0.39 is 4.92 Å². The molecule has 0 spiro atoms. The van der Waals surface area contributed by atoms with Gasteiger partial charge in [0.15, 0.2) is 0 Å². The van der Waals surface area contributed by atoms with Gasteiger partial charge in [0.1, 0.15) is 5.69 Å². The van der Waals surface area contributed by atoms with Gasteiger partial charge in [0, 0.05) is 17.0 Å². The molecule has 2 unspecified atom stereocenters. The number of nitrogens with one attached hydrogen (secondary N) is 1. The van der Waals surface area contributed by atoms with Crippen molar-refractivity contribution < 1.29 is 9.72 Å². The topological polar surface area (TPSA) is 98.3 Å². The highest BCUT2D eigenvalue weighted by atomic mass is 35.5. The number of amides is 1. The van der Waals surface area contributed by atoms with Gasteiger partial charge in [-0.25, -0.2) is 0 Å². The van der Waals surface area contributed by atoms with E-state index in [0.29, 0.717) is 6.54 Å². The zero-order valence-electron chi connectivity index (χ0n) is 11.5. The van der Waals surface area contributed by atoms with Crippen molar-refractivity contribution >= 4 is 28.9 Å². The average Bonchev–Trinajstić information content (AvgIpc) is 2.48. The number of nitro groups is 1. The molecule has 1 aliphatic carbocycles. The van der Waals surface area contributed by atoms with Gasteiger partial charge in [0.2, 0.25) is 5.91 Å². The van der Waals surface area contributed by atoms with Crippen molar-refractivity contribution in [2.45, 2.75) is 25.7 Å². The Kier molecular flexibility index (Phi) is 5.14. The number of carbonyl (C=O) groups is 1. The lowest BCUT2D eigenvalue weighted by Gasteiger charge is -2.29. The van der Waals surface area contributed by atoms with E-state index in [0.717, 1.165) is 25.7 Å². The van der Waals surface area contributed by atoms with E-state index in [1.54, 1.807) is 0 Å². The lowest BCUT2D eigenvalue weighted by molar-refractivity contribution is -0.383. The summed E-state index contributed by atoms with van der Waals surface area (Å²) >= 11 is 5.76.